The molecule has 1 rings (SSSR count). The third-order valence-corrected chi connectivity index (χ3v) is 1.48. The Morgan fingerprint density at radius 2 is 2.09 bits per heavy atom. The molecule has 11 heavy (non-hydrogen) atoms. The van der Waals surface area contributed by atoms with Crippen LogP contribution in [-0.2, 0) is 6.54 Å². The molecule has 58 valence electrons. The molecular weight excluding hydrogens is 140 g/mol. The largest absolute Gasteiger partial charge is 0.397 e. The summed E-state index contributed by atoms with van der Waals surface area (Å²) in [5.41, 5.74) is 19.6. The van der Waals surface area contributed by atoms with Crippen LogP contribution in [0.4, 0.5) is 11.4 Å². The van der Waals surface area contributed by atoms with E-state index < -0.39 is 0 Å². The Kier molecular flexibility index (Phi) is 2.06. The van der Waals surface area contributed by atoms with Crippen molar-refractivity contribution in [2.75, 3.05) is 11.5 Å². The third kappa shape index (κ3) is 1.46. The third-order valence-electron chi connectivity index (χ3n) is 1.48. The molecule has 0 amide bonds. The summed E-state index contributed by atoms with van der Waals surface area (Å²) in [4.78, 5) is 0. The van der Waals surface area contributed by atoms with Crippen LogP contribution in [0.25, 0.3) is 0 Å². The smallest absolute Gasteiger partial charge is 0.0867 e. The normalized spacial score (nSPS) is 9.45. The average molecular weight is 150 g/mol. The lowest BCUT2D eigenvalue weighted by Crippen LogP contribution is -1.98. The number of anilines is 2. The molecule has 0 aliphatic heterocycles. The van der Waals surface area contributed by atoms with Crippen molar-refractivity contribution in [3.8, 4) is 0 Å². The van der Waals surface area contributed by atoms with Crippen molar-refractivity contribution in [3.05, 3.63) is 23.8 Å². The molecule has 4 heteroatoms. The van der Waals surface area contributed by atoms with E-state index in [1.807, 2.05) is 6.07 Å². The lowest BCUT2D eigenvalue weighted by molar-refractivity contribution is 0.910. The van der Waals surface area contributed by atoms with E-state index in [4.69, 9.17) is 17.0 Å². The van der Waals surface area contributed by atoms with Gasteiger partial charge in [-0.2, -0.15) is 5.11 Å². The molecule has 0 fully saturated rings. The van der Waals surface area contributed by atoms with Crippen molar-refractivity contribution < 1.29 is 0 Å². The van der Waals surface area contributed by atoms with Gasteiger partial charge in [-0.25, -0.2) is 5.53 Å². The minimum Gasteiger partial charge on any atom is -0.397 e. The Morgan fingerprint density at radius 3 is 2.73 bits per heavy atom. The lowest BCUT2D eigenvalue weighted by Gasteiger charge is -2.03. The number of nitrogen functional groups attached to an aromatic ring is 2. The van der Waals surface area contributed by atoms with E-state index in [1.54, 1.807) is 12.1 Å². The predicted octanol–water partition coefficient (Wildman–Crippen LogP) is 1.38. The molecule has 1 aromatic rings. The first kappa shape index (κ1) is 7.53. The molecule has 0 aromatic heterocycles. The highest BCUT2D eigenvalue weighted by atomic mass is 14.9. The maximum atomic E-state index is 6.64. The summed E-state index contributed by atoms with van der Waals surface area (Å²) < 4.78 is 0. The predicted molar refractivity (Wildman–Crippen MR) is 44.1 cm³/mol. The second-order valence-corrected chi connectivity index (χ2v) is 2.24. The van der Waals surface area contributed by atoms with Gasteiger partial charge in [0.05, 0.1) is 17.9 Å². The Hall–Kier alpha value is -1.58. The van der Waals surface area contributed by atoms with Crippen molar-refractivity contribution >= 4 is 11.4 Å². The number of nitrogens with one attached hydrogen (secondary N) is 1. The molecule has 0 unspecified atom stereocenters. The summed E-state index contributed by atoms with van der Waals surface area (Å²) in [7, 11) is 0. The zero-order chi connectivity index (χ0) is 8.27. The molecule has 5 N–H and O–H groups in total. The first-order valence-electron chi connectivity index (χ1n) is 3.21. The highest BCUT2D eigenvalue weighted by molar-refractivity contribution is 5.67. The lowest BCUT2D eigenvalue weighted by atomic mass is 10.1. The molecule has 0 aliphatic rings. The van der Waals surface area contributed by atoms with Crippen LogP contribution >= 0.6 is 0 Å². The van der Waals surface area contributed by atoms with Gasteiger partial charge >= 0.3 is 0 Å². The van der Waals surface area contributed by atoms with Gasteiger partial charge in [-0.05, 0) is 6.07 Å². The summed E-state index contributed by atoms with van der Waals surface area (Å²) in [5.74, 6) is 0. The second kappa shape index (κ2) is 3.01. The number of nitrogens with zero attached hydrogens (tertiary/aromatic N) is 1. The molecular formula is C7H10N4. The van der Waals surface area contributed by atoms with Crippen LogP contribution in [0.5, 0.6) is 0 Å². The molecule has 0 saturated carbocycles. The Morgan fingerprint density at radius 1 is 1.36 bits per heavy atom. The second-order valence-electron chi connectivity index (χ2n) is 2.24. The first-order valence-corrected chi connectivity index (χ1v) is 3.21. The van der Waals surface area contributed by atoms with Gasteiger partial charge < -0.3 is 11.5 Å². The van der Waals surface area contributed by atoms with Crippen molar-refractivity contribution in [3.63, 3.8) is 0 Å². The molecule has 0 atom stereocenters. The van der Waals surface area contributed by atoms with E-state index in [9.17, 15) is 0 Å². The van der Waals surface area contributed by atoms with Gasteiger partial charge in [-0.15, -0.1) is 0 Å². The standard InChI is InChI=1S/C7H10N4/c8-6-3-1-2-5(4-11-10)7(6)9/h1-3,10H,4,8-9H2. The highest BCUT2D eigenvalue weighted by Gasteiger charge is 1.99. The zero-order valence-electron chi connectivity index (χ0n) is 6.04. The van der Waals surface area contributed by atoms with Gasteiger partial charge in [-0.3, -0.25) is 0 Å². The summed E-state index contributed by atoms with van der Waals surface area (Å²) in [5, 5.41) is 3.22. The summed E-state index contributed by atoms with van der Waals surface area (Å²) in [6.07, 6.45) is 0. The SMILES string of the molecule is N=NCc1cccc(N)c1N. The van der Waals surface area contributed by atoms with Gasteiger partial charge in [0.15, 0.2) is 0 Å². The molecule has 0 aliphatic carbocycles. The molecule has 4 nitrogen and oxygen atoms in total. The van der Waals surface area contributed by atoms with E-state index in [0.717, 1.165) is 5.56 Å². The molecule has 0 spiro atoms. The summed E-state index contributed by atoms with van der Waals surface area (Å²) in [6.45, 7) is 0.302. The molecule has 0 radical (unpaired) electrons. The van der Waals surface area contributed by atoms with Crippen LogP contribution in [0.1, 0.15) is 5.56 Å². The van der Waals surface area contributed by atoms with E-state index in [2.05, 4.69) is 5.11 Å². The number of benzene rings is 1. The Bertz CT molecular complexity index is 269. The molecule has 0 heterocycles. The summed E-state index contributed by atoms with van der Waals surface area (Å²) >= 11 is 0. The average Bonchev–Trinajstić information content (AvgIpc) is 1.99. The van der Waals surface area contributed by atoms with Crippen LogP contribution in [0, 0.1) is 5.53 Å². The Labute approximate surface area is 64.7 Å². The van der Waals surface area contributed by atoms with Crippen LogP contribution in [0.2, 0.25) is 0 Å². The quantitative estimate of drug-likeness (QED) is 0.439. The minimum absolute atomic E-state index is 0.302. The van der Waals surface area contributed by atoms with Crippen LogP contribution < -0.4 is 11.5 Å². The number of hydrogen-bond donors (Lipinski definition) is 3. The topological polar surface area (TPSA) is 88.2 Å². The van der Waals surface area contributed by atoms with Crippen LogP contribution in [0.15, 0.2) is 23.3 Å². The number of nitrogens with two attached hydrogens (primary N) is 2. The van der Waals surface area contributed by atoms with E-state index in [-0.39, 0.29) is 0 Å². The summed E-state index contributed by atoms with van der Waals surface area (Å²) in [6, 6.07) is 5.33. The maximum Gasteiger partial charge on any atom is 0.0867 e. The van der Waals surface area contributed by atoms with Gasteiger partial charge in [-0.1, -0.05) is 12.1 Å². The molecule has 1 aromatic carbocycles. The van der Waals surface area contributed by atoms with E-state index in [0.29, 0.717) is 17.9 Å². The van der Waals surface area contributed by atoms with Crippen LogP contribution in [0.3, 0.4) is 0 Å². The Balaban J connectivity index is 3.05. The van der Waals surface area contributed by atoms with Crippen molar-refractivity contribution in [2.45, 2.75) is 6.54 Å². The van der Waals surface area contributed by atoms with Gasteiger partial charge in [0.1, 0.15) is 0 Å². The van der Waals surface area contributed by atoms with Crippen molar-refractivity contribution in [1.82, 2.24) is 0 Å². The molecule has 0 bridgehead atoms. The van der Waals surface area contributed by atoms with Crippen molar-refractivity contribution in [2.24, 2.45) is 5.11 Å². The fourth-order valence-electron chi connectivity index (χ4n) is 0.856. The molecule has 0 saturated heterocycles. The maximum absolute atomic E-state index is 6.64. The van der Waals surface area contributed by atoms with E-state index in [1.165, 1.54) is 0 Å². The fourth-order valence-corrected chi connectivity index (χ4v) is 0.856. The highest BCUT2D eigenvalue weighted by Crippen LogP contribution is 2.19. The first-order chi connectivity index (χ1) is 5.25. The fraction of sp³-hybridized carbons (Fsp3) is 0.143. The zero-order valence-corrected chi connectivity index (χ0v) is 6.04. The van der Waals surface area contributed by atoms with Gasteiger partial charge in [0.25, 0.3) is 0 Å². The van der Waals surface area contributed by atoms with Crippen molar-refractivity contribution in [1.29, 1.82) is 5.53 Å². The number of para-hydroxylation sites is 1. The number of rotatable bonds is 2. The van der Waals surface area contributed by atoms with E-state index >= 15 is 0 Å². The van der Waals surface area contributed by atoms with Gasteiger partial charge in [0, 0.05) is 5.56 Å². The minimum atomic E-state index is 0.302. The monoisotopic (exact) mass is 150 g/mol. The van der Waals surface area contributed by atoms with Crippen LogP contribution in [-0.4, -0.2) is 0 Å². The number of hydrogen-bond acceptors (Lipinski definition) is 4. The van der Waals surface area contributed by atoms with Gasteiger partial charge in [0.2, 0.25) is 0 Å².